The Morgan fingerprint density at radius 1 is 0.643 bits per heavy atom. The number of rotatable bonds is 5. The smallest absolute Gasteiger partial charge is 0.335 e. The molecule has 4 aromatic rings. The molecular formula is C23H16O5. The molecular weight excluding hydrogens is 356 g/mol. The summed E-state index contributed by atoms with van der Waals surface area (Å²) >= 11 is 0. The van der Waals surface area contributed by atoms with Crippen molar-refractivity contribution in [2.45, 2.75) is 0 Å². The molecule has 0 atom stereocenters. The molecule has 0 fully saturated rings. The number of ether oxygens (including phenoxy) is 2. The van der Waals surface area contributed by atoms with Crippen LogP contribution in [0.2, 0.25) is 0 Å². The van der Waals surface area contributed by atoms with Crippen LogP contribution in [0, 0.1) is 0 Å². The first-order chi connectivity index (χ1) is 13.6. The predicted molar refractivity (Wildman–Crippen MR) is 106 cm³/mol. The van der Waals surface area contributed by atoms with E-state index in [0.29, 0.717) is 23.0 Å². The SMILES string of the molecule is O=C(O)c1ccc2cc(Oc3cccc(Oc4ccc(O)cc4)c3)ccc2c1. The highest BCUT2D eigenvalue weighted by Gasteiger charge is 2.06. The number of carboxylic acid groups (broad SMARTS) is 1. The first-order valence-electron chi connectivity index (χ1n) is 8.59. The highest BCUT2D eigenvalue weighted by atomic mass is 16.5. The van der Waals surface area contributed by atoms with Crippen LogP contribution in [0.4, 0.5) is 0 Å². The summed E-state index contributed by atoms with van der Waals surface area (Å²) in [6.07, 6.45) is 0. The molecule has 0 saturated heterocycles. The molecule has 0 amide bonds. The van der Waals surface area contributed by atoms with E-state index >= 15 is 0 Å². The van der Waals surface area contributed by atoms with Gasteiger partial charge in [0.1, 0.15) is 28.7 Å². The zero-order valence-electron chi connectivity index (χ0n) is 14.7. The quantitative estimate of drug-likeness (QED) is 0.461. The molecule has 0 bridgehead atoms. The summed E-state index contributed by atoms with van der Waals surface area (Å²) in [6, 6.07) is 24.1. The molecule has 4 rings (SSSR count). The standard InChI is InChI=1S/C23H16O5/c24-18-7-10-19(11-8-18)27-20-2-1-3-21(14-20)28-22-9-6-15-12-17(23(25)26)5-4-16(15)13-22/h1-14,24H,(H,25,26). The molecule has 4 aromatic carbocycles. The fourth-order valence-electron chi connectivity index (χ4n) is 2.81. The minimum atomic E-state index is -0.951. The van der Waals surface area contributed by atoms with E-state index < -0.39 is 5.97 Å². The molecule has 5 heteroatoms. The van der Waals surface area contributed by atoms with Gasteiger partial charge in [0.2, 0.25) is 0 Å². The van der Waals surface area contributed by atoms with Gasteiger partial charge in [-0.3, -0.25) is 0 Å². The zero-order chi connectivity index (χ0) is 19.5. The Kier molecular flexibility index (Phi) is 4.56. The molecule has 0 saturated carbocycles. The highest BCUT2D eigenvalue weighted by molar-refractivity contribution is 5.94. The van der Waals surface area contributed by atoms with Crippen molar-refractivity contribution in [3.05, 3.63) is 90.5 Å². The van der Waals surface area contributed by atoms with Gasteiger partial charge in [-0.05, 0) is 71.4 Å². The van der Waals surface area contributed by atoms with Crippen LogP contribution in [-0.4, -0.2) is 16.2 Å². The van der Waals surface area contributed by atoms with Gasteiger partial charge in [-0.15, -0.1) is 0 Å². The molecule has 0 aliphatic rings. The number of fused-ring (bicyclic) bond motifs is 1. The Hall–Kier alpha value is -3.99. The van der Waals surface area contributed by atoms with Gasteiger partial charge in [-0.1, -0.05) is 18.2 Å². The maximum Gasteiger partial charge on any atom is 0.335 e. The van der Waals surface area contributed by atoms with Crippen molar-refractivity contribution in [1.82, 2.24) is 0 Å². The Morgan fingerprint density at radius 2 is 1.21 bits per heavy atom. The number of aromatic carboxylic acids is 1. The van der Waals surface area contributed by atoms with Gasteiger partial charge in [-0.2, -0.15) is 0 Å². The lowest BCUT2D eigenvalue weighted by atomic mass is 10.1. The van der Waals surface area contributed by atoms with E-state index in [9.17, 15) is 9.90 Å². The summed E-state index contributed by atoms with van der Waals surface area (Å²) in [6.45, 7) is 0. The van der Waals surface area contributed by atoms with Gasteiger partial charge in [0, 0.05) is 6.07 Å². The number of benzene rings is 4. The van der Waals surface area contributed by atoms with Crippen molar-refractivity contribution in [2.75, 3.05) is 0 Å². The summed E-state index contributed by atoms with van der Waals surface area (Å²) in [5, 5.41) is 20.2. The molecule has 28 heavy (non-hydrogen) atoms. The molecule has 0 radical (unpaired) electrons. The molecule has 2 N–H and O–H groups in total. The van der Waals surface area contributed by atoms with E-state index in [1.165, 1.54) is 0 Å². The summed E-state index contributed by atoms with van der Waals surface area (Å²) < 4.78 is 11.7. The van der Waals surface area contributed by atoms with Gasteiger partial charge in [0.15, 0.2) is 0 Å². The lowest BCUT2D eigenvalue weighted by molar-refractivity contribution is 0.0697. The minimum absolute atomic E-state index is 0.177. The number of aromatic hydroxyl groups is 1. The lowest BCUT2D eigenvalue weighted by Crippen LogP contribution is -1.95. The molecule has 0 aromatic heterocycles. The average molecular weight is 372 g/mol. The molecule has 138 valence electrons. The lowest BCUT2D eigenvalue weighted by Gasteiger charge is -2.10. The van der Waals surface area contributed by atoms with Crippen LogP contribution in [0.1, 0.15) is 10.4 Å². The summed E-state index contributed by atoms with van der Waals surface area (Å²) in [5.74, 6) is 1.68. The topological polar surface area (TPSA) is 76.0 Å². The van der Waals surface area contributed by atoms with Gasteiger partial charge in [0.25, 0.3) is 0 Å². The second-order valence-electron chi connectivity index (χ2n) is 6.20. The number of phenols is 1. The average Bonchev–Trinajstić information content (AvgIpc) is 2.69. The third-order valence-corrected chi connectivity index (χ3v) is 4.17. The Morgan fingerprint density at radius 3 is 1.93 bits per heavy atom. The van der Waals surface area contributed by atoms with Crippen LogP contribution in [0.3, 0.4) is 0 Å². The van der Waals surface area contributed by atoms with Gasteiger partial charge in [0.05, 0.1) is 5.56 Å². The predicted octanol–water partition coefficient (Wildman–Crippen LogP) is 5.83. The van der Waals surface area contributed by atoms with Crippen LogP contribution < -0.4 is 9.47 Å². The van der Waals surface area contributed by atoms with E-state index in [1.54, 1.807) is 54.6 Å². The molecule has 0 aliphatic carbocycles. The van der Waals surface area contributed by atoms with Crippen molar-refractivity contribution in [2.24, 2.45) is 0 Å². The van der Waals surface area contributed by atoms with Crippen molar-refractivity contribution in [3.63, 3.8) is 0 Å². The van der Waals surface area contributed by atoms with E-state index in [2.05, 4.69) is 0 Å². The molecule has 5 nitrogen and oxygen atoms in total. The summed E-state index contributed by atoms with van der Waals surface area (Å²) in [5.41, 5.74) is 0.250. The molecule has 0 spiro atoms. The Labute approximate surface area is 161 Å². The van der Waals surface area contributed by atoms with E-state index in [4.69, 9.17) is 14.6 Å². The first-order valence-corrected chi connectivity index (χ1v) is 8.59. The highest BCUT2D eigenvalue weighted by Crippen LogP contribution is 2.30. The van der Waals surface area contributed by atoms with Crippen LogP contribution >= 0.6 is 0 Å². The Balaban J connectivity index is 1.54. The normalized spacial score (nSPS) is 10.6. The third-order valence-electron chi connectivity index (χ3n) is 4.17. The van der Waals surface area contributed by atoms with E-state index in [0.717, 1.165) is 10.8 Å². The van der Waals surface area contributed by atoms with E-state index in [1.807, 2.05) is 30.3 Å². The van der Waals surface area contributed by atoms with Crippen molar-refractivity contribution < 1.29 is 24.5 Å². The first kappa shape index (κ1) is 17.4. The second kappa shape index (κ2) is 7.32. The van der Waals surface area contributed by atoms with Crippen LogP contribution in [0.15, 0.2) is 84.9 Å². The van der Waals surface area contributed by atoms with Crippen LogP contribution in [-0.2, 0) is 0 Å². The van der Waals surface area contributed by atoms with E-state index in [-0.39, 0.29) is 11.3 Å². The number of phenolic OH excluding ortho intramolecular Hbond substituents is 1. The number of hydrogen-bond acceptors (Lipinski definition) is 4. The zero-order valence-corrected chi connectivity index (χ0v) is 14.7. The molecule has 0 unspecified atom stereocenters. The van der Waals surface area contributed by atoms with Gasteiger partial charge >= 0.3 is 5.97 Å². The molecule has 0 heterocycles. The summed E-state index contributed by atoms with van der Waals surface area (Å²) in [7, 11) is 0. The van der Waals surface area contributed by atoms with Gasteiger partial charge < -0.3 is 19.7 Å². The fraction of sp³-hybridized carbons (Fsp3) is 0. The minimum Gasteiger partial charge on any atom is -0.508 e. The number of hydrogen-bond donors (Lipinski definition) is 2. The third kappa shape index (κ3) is 3.88. The second-order valence-corrected chi connectivity index (χ2v) is 6.20. The molecule has 0 aliphatic heterocycles. The van der Waals surface area contributed by atoms with Gasteiger partial charge in [-0.25, -0.2) is 4.79 Å². The van der Waals surface area contributed by atoms with Crippen LogP contribution in [0.25, 0.3) is 10.8 Å². The summed E-state index contributed by atoms with van der Waals surface area (Å²) in [4.78, 5) is 11.1. The maximum absolute atomic E-state index is 11.1. The maximum atomic E-state index is 11.1. The number of carboxylic acids is 1. The van der Waals surface area contributed by atoms with Crippen molar-refractivity contribution >= 4 is 16.7 Å². The fourth-order valence-corrected chi connectivity index (χ4v) is 2.81. The Bertz CT molecular complexity index is 1150. The van der Waals surface area contributed by atoms with Crippen molar-refractivity contribution in [3.8, 4) is 28.7 Å². The van der Waals surface area contributed by atoms with Crippen molar-refractivity contribution in [1.29, 1.82) is 0 Å². The monoisotopic (exact) mass is 372 g/mol. The van der Waals surface area contributed by atoms with Crippen LogP contribution in [0.5, 0.6) is 28.7 Å². The largest absolute Gasteiger partial charge is 0.508 e. The number of carbonyl (C=O) groups is 1.